The highest BCUT2D eigenvalue weighted by Gasteiger charge is 2.15. The number of anilines is 1. The molecule has 0 aliphatic carbocycles. The quantitative estimate of drug-likeness (QED) is 0.624. The van der Waals surface area contributed by atoms with Crippen LogP contribution < -0.4 is 9.64 Å². The fourth-order valence-electron chi connectivity index (χ4n) is 1.67. The Labute approximate surface area is 72.8 Å². The fourth-order valence-corrected chi connectivity index (χ4v) is 1.67. The lowest BCUT2D eigenvalue weighted by atomic mass is 10.1. The van der Waals surface area contributed by atoms with Crippen molar-refractivity contribution in [2.24, 2.45) is 0 Å². The molecule has 0 radical (unpaired) electrons. The number of hydrogen-bond acceptors (Lipinski definition) is 2. The highest BCUT2D eigenvalue weighted by atomic mass is 16.5. The monoisotopic (exact) mass is 163 g/mol. The van der Waals surface area contributed by atoms with Crippen LogP contribution in [0.4, 0.5) is 5.69 Å². The summed E-state index contributed by atoms with van der Waals surface area (Å²) in [6.45, 7) is 1.13. The Morgan fingerprint density at radius 1 is 1.42 bits per heavy atom. The maximum atomic E-state index is 5.16. The molecule has 1 aliphatic rings. The van der Waals surface area contributed by atoms with Gasteiger partial charge in [-0.15, -0.1) is 0 Å². The largest absolute Gasteiger partial charge is 0.497 e. The average Bonchev–Trinajstić information content (AvgIpc) is 2.47. The van der Waals surface area contributed by atoms with E-state index in [1.807, 2.05) is 6.07 Å². The van der Waals surface area contributed by atoms with Crippen molar-refractivity contribution in [1.29, 1.82) is 0 Å². The van der Waals surface area contributed by atoms with E-state index in [-0.39, 0.29) is 0 Å². The highest BCUT2D eigenvalue weighted by molar-refractivity contribution is 5.59. The molecule has 1 aromatic carbocycles. The first-order valence-corrected chi connectivity index (χ1v) is 4.19. The average molecular weight is 163 g/mol. The molecule has 2 rings (SSSR count). The maximum Gasteiger partial charge on any atom is 0.119 e. The molecule has 0 saturated heterocycles. The Morgan fingerprint density at radius 2 is 2.25 bits per heavy atom. The van der Waals surface area contributed by atoms with E-state index in [4.69, 9.17) is 4.74 Å². The van der Waals surface area contributed by atoms with Crippen molar-refractivity contribution in [2.75, 3.05) is 25.6 Å². The van der Waals surface area contributed by atoms with Crippen LogP contribution >= 0.6 is 0 Å². The minimum atomic E-state index is 0.962. The molecule has 1 aromatic rings. The van der Waals surface area contributed by atoms with E-state index in [2.05, 4.69) is 24.1 Å². The second-order valence-electron chi connectivity index (χ2n) is 3.17. The lowest BCUT2D eigenvalue weighted by molar-refractivity contribution is 0.414. The van der Waals surface area contributed by atoms with Crippen LogP contribution in [0.15, 0.2) is 18.2 Å². The Bertz CT molecular complexity index is 296. The Morgan fingerprint density at radius 3 is 3.00 bits per heavy atom. The van der Waals surface area contributed by atoms with E-state index in [1.54, 1.807) is 7.11 Å². The molecule has 0 saturated carbocycles. The van der Waals surface area contributed by atoms with Gasteiger partial charge >= 0.3 is 0 Å². The van der Waals surface area contributed by atoms with Gasteiger partial charge in [0, 0.05) is 19.3 Å². The molecule has 0 spiro atoms. The molecule has 0 fully saturated rings. The van der Waals surface area contributed by atoms with Crippen LogP contribution in [0.3, 0.4) is 0 Å². The van der Waals surface area contributed by atoms with Gasteiger partial charge in [0.25, 0.3) is 0 Å². The smallest absolute Gasteiger partial charge is 0.119 e. The summed E-state index contributed by atoms with van der Waals surface area (Å²) in [7, 11) is 3.83. The third-order valence-electron chi connectivity index (χ3n) is 2.41. The fraction of sp³-hybridized carbons (Fsp3) is 0.400. The van der Waals surface area contributed by atoms with E-state index >= 15 is 0 Å². The van der Waals surface area contributed by atoms with Crippen LogP contribution in [-0.2, 0) is 6.42 Å². The number of methoxy groups -OCH3 is 1. The lowest BCUT2D eigenvalue weighted by Crippen LogP contribution is -2.12. The van der Waals surface area contributed by atoms with Crippen LogP contribution in [0.25, 0.3) is 0 Å². The van der Waals surface area contributed by atoms with Gasteiger partial charge in [-0.05, 0) is 30.2 Å². The highest BCUT2D eigenvalue weighted by Crippen LogP contribution is 2.29. The summed E-state index contributed by atoms with van der Waals surface area (Å²) >= 11 is 0. The van der Waals surface area contributed by atoms with Crippen molar-refractivity contribution in [2.45, 2.75) is 6.42 Å². The van der Waals surface area contributed by atoms with Crippen molar-refractivity contribution < 1.29 is 4.74 Å². The molecule has 0 bridgehead atoms. The Hall–Kier alpha value is -1.18. The number of nitrogens with zero attached hydrogens (tertiary/aromatic N) is 1. The van der Waals surface area contributed by atoms with Gasteiger partial charge in [0.05, 0.1) is 7.11 Å². The number of fused-ring (bicyclic) bond motifs is 1. The zero-order valence-corrected chi connectivity index (χ0v) is 7.50. The van der Waals surface area contributed by atoms with Crippen molar-refractivity contribution in [1.82, 2.24) is 0 Å². The zero-order valence-electron chi connectivity index (χ0n) is 7.50. The summed E-state index contributed by atoms with van der Waals surface area (Å²) < 4.78 is 5.16. The standard InChI is InChI=1S/C10H13NO/c1-11-6-5-8-7-9(12-2)3-4-10(8)11/h3-4,7H,5-6H2,1-2H3. The van der Waals surface area contributed by atoms with Crippen LogP contribution in [0.5, 0.6) is 5.75 Å². The summed E-state index contributed by atoms with van der Waals surface area (Å²) in [5, 5.41) is 0. The van der Waals surface area contributed by atoms with E-state index < -0.39 is 0 Å². The molecular weight excluding hydrogens is 150 g/mol. The van der Waals surface area contributed by atoms with Crippen molar-refractivity contribution in [3.63, 3.8) is 0 Å². The summed E-state index contributed by atoms with van der Waals surface area (Å²) in [6, 6.07) is 6.26. The number of likely N-dealkylation sites (N-methyl/N-ethyl adjacent to an activating group) is 1. The van der Waals surface area contributed by atoms with Crippen LogP contribution in [0.2, 0.25) is 0 Å². The topological polar surface area (TPSA) is 12.5 Å². The number of hydrogen-bond donors (Lipinski definition) is 0. The first kappa shape index (κ1) is 7.47. The molecule has 64 valence electrons. The van der Waals surface area contributed by atoms with Crippen molar-refractivity contribution in [3.8, 4) is 5.75 Å². The Kier molecular flexibility index (Phi) is 1.68. The second kappa shape index (κ2) is 2.70. The Balaban J connectivity index is 2.41. The van der Waals surface area contributed by atoms with Crippen molar-refractivity contribution in [3.05, 3.63) is 23.8 Å². The second-order valence-corrected chi connectivity index (χ2v) is 3.17. The minimum absolute atomic E-state index is 0.962. The minimum Gasteiger partial charge on any atom is -0.497 e. The van der Waals surface area contributed by atoms with Gasteiger partial charge in [0.15, 0.2) is 0 Å². The molecule has 1 heterocycles. The molecule has 0 atom stereocenters. The number of ether oxygens (including phenoxy) is 1. The molecule has 0 unspecified atom stereocenters. The molecule has 2 heteroatoms. The third-order valence-corrected chi connectivity index (χ3v) is 2.41. The van der Waals surface area contributed by atoms with Gasteiger partial charge in [-0.3, -0.25) is 0 Å². The van der Waals surface area contributed by atoms with Crippen molar-refractivity contribution >= 4 is 5.69 Å². The maximum absolute atomic E-state index is 5.16. The predicted octanol–water partition coefficient (Wildman–Crippen LogP) is 1.69. The molecule has 0 N–H and O–H groups in total. The van der Waals surface area contributed by atoms with Gasteiger partial charge in [0.2, 0.25) is 0 Å². The van der Waals surface area contributed by atoms with Crippen LogP contribution in [-0.4, -0.2) is 20.7 Å². The summed E-state index contributed by atoms with van der Waals surface area (Å²) in [5.41, 5.74) is 2.74. The van der Waals surface area contributed by atoms with E-state index in [0.29, 0.717) is 0 Å². The molecule has 1 aliphatic heterocycles. The first-order valence-electron chi connectivity index (χ1n) is 4.19. The van der Waals surface area contributed by atoms with Gasteiger partial charge in [0.1, 0.15) is 5.75 Å². The molecular formula is C10H13NO. The van der Waals surface area contributed by atoms with E-state index in [9.17, 15) is 0 Å². The number of benzene rings is 1. The third kappa shape index (κ3) is 1.04. The normalized spacial score (nSPS) is 14.7. The van der Waals surface area contributed by atoms with Gasteiger partial charge in [-0.25, -0.2) is 0 Å². The lowest BCUT2D eigenvalue weighted by Gasteiger charge is -2.11. The SMILES string of the molecule is COc1ccc2c(c1)CCN2C. The molecule has 12 heavy (non-hydrogen) atoms. The summed E-state index contributed by atoms with van der Waals surface area (Å²) in [6.07, 6.45) is 1.14. The molecule has 0 amide bonds. The number of rotatable bonds is 1. The van der Waals surface area contributed by atoms with Gasteiger partial charge in [-0.2, -0.15) is 0 Å². The van der Waals surface area contributed by atoms with Gasteiger partial charge < -0.3 is 9.64 Å². The zero-order chi connectivity index (χ0) is 8.55. The van der Waals surface area contributed by atoms with Crippen LogP contribution in [0, 0.1) is 0 Å². The molecule has 0 aromatic heterocycles. The predicted molar refractivity (Wildman–Crippen MR) is 50.0 cm³/mol. The first-order chi connectivity index (χ1) is 5.81. The van der Waals surface area contributed by atoms with E-state index in [1.165, 1.54) is 11.3 Å². The van der Waals surface area contributed by atoms with E-state index in [0.717, 1.165) is 18.7 Å². The summed E-state index contributed by atoms with van der Waals surface area (Å²) in [4.78, 5) is 2.27. The van der Waals surface area contributed by atoms with Gasteiger partial charge in [-0.1, -0.05) is 0 Å². The molecule has 2 nitrogen and oxygen atoms in total. The van der Waals surface area contributed by atoms with Crippen LogP contribution in [0.1, 0.15) is 5.56 Å². The summed E-state index contributed by atoms with van der Waals surface area (Å²) in [5.74, 6) is 0.962.